The number of nitrogens with zero attached hydrogens (tertiary/aromatic N) is 2. The van der Waals surface area contributed by atoms with Gasteiger partial charge in [-0.15, -0.1) is 9.92 Å². The maximum atomic E-state index is 9.87. The van der Waals surface area contributed by atoms with Crippen LogP contribution in [0.15, 0.2) is 5.29 Å². The van der Waals surface area contributed by atoms with Gasteiger partial charge in [0.2, 0.25) is 0 Å². The van der Waals surface area contributed by atoms with Crippen LogP contribution in [-0.2, 0) is 0 Å². The van der Waals surface area contributed by atoms with Crippen LogP contribution in [-0.4, -0.2) is 11.0 Å². The molecule has 5 nitrogen and oxygen atoms in total. The first-order chi connectivity index (χ1) is 3.72. The normalized spacial score (nSPS) is 6.88. The average molecular weight is 113 g/mol. The van der Waals surface area contributed by atoms with Crippen molar-refractivity contribution in [3.8, 4) is 12.5 Å². The van der Waals surface area contributed by atoms with Crippen molar-refractivity contribution >= 4 is 6.03 Å². The van der Waals surface area contributed by atoms with Gasteiger partial charge in [-0.1, -0.05) is 6.42 Å². The maximum absolute atomic E-state index is 9.87. The van der Waals surface area contributed by atoms with Crippen LogP contribution in [0, 0.1) is 17.4 Å². The van der Waals surface area contributed by atoms with Crippen LogP contribution < -0.4 is 5.73 Å². The molecule has 0 atom stereocenters. The lowest BCUT2D eigenvalue weighted by Gasteiger charge is -1.95. The predicted molar refractivity (Wildman–Crippen MR) is 26.1 cm³/mol. The summed E-state index contributed by atoms with van der Waals surface area (Å²) in [5.41, 5.74) is 4.51. The Morgan fingerprint density at radius 3 is 2.38 bits per heavy atom. The molecular formula is C3H3N3O2. The third kappa shape index (κ3) is 1.26. The van der Waals surface area contributed by atoms with Gasteiger partial charge in [0.1, 0.15) is 0 Å². The molecule has 0 aromatic carbocycles. The Balaban J connectivity index is 3.95. The van der Waals surface area contributed by atoms with Gasteiger partial charge in [0.25, 0.3) is 0 Å². The van der Waals surface area contributed by atoms with E-state index in [0.29, 0.717) is 0 Å². The Kier molecular flexibility index (Phi) is 2.07. The van der Waals surface area contributed by atoms with E-state index >= 15 is 0 Å². The lowest BCUT2D eigenvalue weighted by molar-refractivity contribution is 0.228. The van der Waals surface area contributed by atoms with Gasteiger partial charge in [0.15, 0.2) is 0 Å². The van der Waals surface area contributed by atoms with Crippen molar-refractivity contribution in [2.24, 2.45) is 11.0 Å². The van der Waals surface area contributed by atoms with Gasteiger partial charge in [-0.3, -0.25) is 0 Å². The van der Waals surface area contributed by atoms with Gasteiger partial charge in [-0.05, 0) is 0 Å². The Bertz CT molecular complexity index is 147. The highest BCUT2D eigenvalue weighted by molar-refractivity contribution is 5.73. The van der Waals surface area contributed by atoms with E-state index in [1.54, 1.807) is 6.04 Å². The molecule has 42 valence electrons. The molecule has 0 unspecified atom stereocenters. The number of carbonyl (C=O) groups excluding carboxylic acids is 1. The van der Waals surface area contributed by atoms with Crippen molar-refractivity contribution in [3.05, 3.63) is 4.91 Å². The summed E-state index contributed by atoms with van der Waals surface area (Å²) in [5.74, 6) is 0. The van der Waals surface area contributed by atoms with Crippen LogP contribution in [0.4, 0.5) is 4.79 Å². The smallest absolute Gasteiger partial charge is 0.349 e. The van der Waals surface area contributed by atoms with Crippen molar-refractivity contribution in [1.82, 2.24) is 5.01 Å². The van der Waals surface area contributed by atoms with Crippen molar-refractivity contribution in [2.75, 3.05) is 0 Å². The molecule has 5 heteroatoms. The summed E-state index contributed by atoms with van der Waals surface area (Å²) in [6, 6.07) is 0.578. The molecule has 0 saturated carbocycles. The van der Waals surface area contributed by atoms with E-state index in [2.05, 4.69) is 17.4 Å². The summed E-state index contributed by atoms with van der Waals surface area (Å²) in [6.07, 6.45) is 4.57. The van der Waals surface area contributed by atoms with Crippen molar-refractivity contribution < 1.29 is 4.79 Å². The van der Waals surface area contributed by atoms with E-state index in [0.717, 1.165) is 0 Å². The second kappa shape index (κ2) is 2.58. The molecule has 0 aliphatic rings. The zero-order chi connectivity index (χ0) is 6.57. The van der Waals surface area contributed by atoms with Crippen LogP contribution >= 0.6 is 0 Å². The number of nitroso groups, excluding NO2 is 1. The number of hydrogen-bond donors (Lipinski definition) is 1. The van der Waals surface area contributed by atoms with Gasteiger partial charge >= 0.3 is 6.03 Å². The van der Waals surface area contributed by atoms with Crippen molar-refractivity contribution in [2.45, 2.75) is 0 Å². The predicted octanol–water partition coefficient (Wildman–Crippen LogP) is -0.361. The van der Waals surface area contributed by atoms with Gasteiger partial charge in [-0.2, -0.15) is 0 Å². The van der Waals surface area contributed by atoms with Crippen LogP contribution in [0.2, 0.25) is 0 Å². The number of terminal acetylenes is 1. The maximum Gasteiger partial charge on any atom is 0.350 e. The molecule has 2 N–H and O–H groups in total. The molecule has 0 bridgehead atoms. The van der Waals surface area contributed by atoms with Gasteiger partial charge in [-0.25, -0.2) is 4.79 Å². The Labute approximate surface area is 45.4 Å². The van der Waals surface area contributed by atoms with Crippen molar-refractivity contribution in [3.63, 3.8) is 0 Å². The SMILES string of the molecule is C#CN(N=O)C(N)=O. The largest absolute Gasteiger partial charge is 0.350 e. The number of primary amides is 1. The molecule has 0 aromatic rings. The lowest BCUT2D eigenvalue weighted by Crippen LogP contribution is -2.26. The fourth-order valence-electron chi connectivity index (χ4n) is 0.127. The van der Waals surface area contributed by atoms with Gasteiger partial charge in [0, 0.05) is 6.04 Å². The lowest BCUT2D eigenvalue weighted by atomic mass is 10.9. The summed E-state index contributed by atoms with van der Waals surface area (Å²) in [5, 5.41) is 2.23. The molecule has 8 heavy (non-hydrogen) atoms. The molecule has 0 aromatic heterocycles. The molecule has 0 heterocycles. The zero-order valence-electron chi connectivity index (χ0n) is 3.87. The first kappa shape index (κ1) is 6.43. The highest BCUT2D eigenvalue weighted by Crippen LogP contribution is 1.80. The molecule has 0 saturated heterocycles. The van der Waals surface area contributed by atoms with Crippen LogP contribution in [0.5, 0.6) is 0 Å². The summed E-state index contributed by atoms with van der Waals surface area (Å²) < 4.78 is 0. The molecule has 0 radical (unpaired) electrons. The molecule has 0 rings (SSSR count). The fourth-order valence-corrected chi connectivity index (χ4v) is 0.127. The van der Waals surface area contributed by atoms with Crippen LogP contribution in [0.1, 0.15) is 0 Å². The quantitative estimate of drug-likeness (QED) is 0.218. The molecule has 0 fully saturated rings. The van der Waals surface area contributed by atoms with Crippen LogP contribution in [0.25, 0.3) is 0 Å². The summed E-state index contributed by atoms with van der Waals surface area (Å²) in [4.78, 5) is 19.3. The Morgan fingerprint density at radius 1 is 1.88 bits per heavy atom. The first-order valence-electron chi connectivity index (χ1n) is 1.61. The minimum atomic E-state index is -1.05. The third-order valence-electron chi connectivity index (χ3n) is 0.413. The van der Waals surface area contributed by atoms with E-state index < -0.39 is 6.03 Å². The fraction of sp³-hybridized carbons (Fsp3) is 0. The minimum Gasteiger partial charge on any atom is -0.349 e. The average Bonchev–Trinajstić information content (AvgIpc) is 1.69. The molecular weight excluding hydrogens is 110 g/mol. The van der Waals surface area contributed by atoms with Crippen molar-refractivity contribution in [1.29, 1.82) is 0 Å². The van der Waals surface area contributed by atoms with Gasteiger partial charge < -0.3 is 5.73 Å². The number of rotatable bonds is 1. The van der Waals surface area contributed by atoms with E-state index in [4.69, 9.17) is 0 Å². The minimum absolute atomic E-state index is 0.153. The van der Waals surface area contributed by atoms with Gasteiger partial charge in [0.05, 0.1) is 5.29 Å². The molecule has 0 aliphatic heterocycles. The topological polar surface area (TPSA) is 75.8 Å². The third-order valence-corrected chi connectivity index (χ3v) is 0.413. The Hall–Kier alpha value is -1.57. The number of carbonyl (C=O) groups is 1. The monoisotopic (exact) mass is 113 g/mol. The molecule has 0 aliphatic carbocycles. The van der Waals surface area contributed by atoms with E-state index in [-0.39, 0.29) is 5.01 Å². The summed E-state index contributed by atoms with van der Waals surface area (Å²) >= 11 is 0. The molecule has 0 spiro atoms. The second-order valence-corrected chi connectivity index (χ2v) is 0.861. The number of amides is 2. The Morgan fingerprint density at radius 2 is 2.38 bits per heavy atom. The zero-order valence-corrected chi connectivity index (χ0v) is 3.87. The standard InChI is InChI=1S/C3H3N3O2/c1-2-6(5-8)3(4)7/h1H,(H2,4,7). The number of nitrogens with two attached hydrogens (primary N) is 1. The van der Waals surface area contributed by atoms with E-state index in [1.165, 1.54) is 0 Å². The highest BCUT2D eigenvalue weighted by Gasteiger charge is 2.02. The molecule has 2 amide bonds. The summed E-state index contributed by atoms with van der Waals surface area (Å²) in [6.45, 7) is 0. The van der Waals surface area contributed by atoms with Crippen LogP contribution in [0.3, 0.4) is 0 Å². The summed E-state index contributed by atoms with van der Waals surface area (Å²) in [7, 11) is 0. The number of hydrogen-bond acceptors (Lipinski definition) is 3. The first-order valence-corrected chi connectivity index (χ1v) is 1.61. The highest BCUT2D eigenvalue weighted by atomic mass is 16.3. The van der Waals surface area contributed by atoms with E-state index in [9.17, 15) is 9.70 Å². The number of urea groups is 1. The van der Waals surface area contributed by atoms with E-state index in [1.807, 2.05) is 0 Å². The second-order valence-electron chi connectivity index (χ2n) is 0.861.